The van der Waals surface area contributed by atoms with Gasteiger partial charge in [0.05, 0.1) is 0 Å². The van der Waals surface area contributed by atoms with Crippen LogP contribution in [0.25, 0.3) is 0 Å². The number of amidine groups is 1. The van der Waals surface area contributed by atoms with Crippen LogP contribution >= 0.6 is 11.8 Å². The summed E-state index contributed by atoms with van der Waals surface area (Å²) in [7, 11) is 0. The zero-order valence-corrected chi connectivity index (χ0v) is 12.4. The Bertz CT molecular complexity index is 638. The minimum atomic E-state index is 0.154. The third-order valence-corrected chi connectivity index (χ3v) is 4.29. The van der Waals surface area contributed by atoms with Crippen LogP contribution in [0.15, 0.2) is 52.5 Å². The highest BCUT2D eigenvalue weighted by atomic mass is 32.2. The number of nitrogens with two attached hydrogens (primary N) is 1. The molecule has 0 fully saturated rings. The van der Waals surface area contributed by atoms with E-state index < -0.39 is 0 Å². The van der Waals surface area contributed by atoms with Crippen molar-refractivity contribution in [1.82, 2.24) is 0 Å². The number of benzene rings is 2. The van der Waals surface area contributed by atoms with Gasteiger partial charge < -0.3 is 10.9 Å². The fraction of sp³-hybridized carbons (Fsp3) is 0.188. The van der Waals surface area contributed by atoms with E-state index in [1.807, 2.05) is 37.3 Å². The van der Waals surface area contributed by atoms with Gasteiger partial charge in [0.2, 0.25) is 0 Å². The fourth-order valence-electron chi connectivity index (χ4n) is 1.95. The van der Waals surface area contributed by atoms with Crippen molar-refractivity contribution >= 4 is 17.6 Å². The number of hydrogen-bond donors (Lipinski definition) is 2. The summed E-state index contributed by atoms with van der Waals surface area (Å²) in [6.45, 7) is 4.10. The molecule has 0 radical (unpaired) electrons. The maximum atomic E-state index is 8.89. The van der Waals surface area contributed by atoms with Gasteiger partial charge in [-0.1, -0.05) is 41.1 Å². The molecular weight excluding hydrogens is 268 g/mol. The molecule has 3 N–H and O–H groups in total. The lowest BCUT2D eigenvalue weighted by Crippen LogP contribution is -2.14. The van der Waals surface area contributed by atoms with Crippen molar-refractivity contribution in [3.05, 3.63) is 64.7 Å². The Balaban J connectivity index is 2.24. The first-order valence-electron chi connectivity index (χ1n) is 6.37. The molecule has 0 aliphatic carbocycles. The van der Waals surface area contributed by atoms with E-state index in [-0.39, 0.29) is 5.84 Å². The maximum Gasteiger partial charge on any atom is 0.171 e. The topological polar surface area (TPSA) is 58.6 Å². The van der Waals surface area contributed by atoms with Crippen molar-refractivity contribution in [1.29, 1.82) is 0 Å². The molecule has 0 saturated carbocycles. The number of aryl methyl sites for hydroxylation is 2. The van der Waals surface area contributed by atoms with Gasteiger partial charge in [0.15, 0.2) is 5.84 Å². The predicted octanol–water partition coefficient (Wildman–Crippen LogP) is 3.69. The largest absolute Gasteiger partial charge is 0.409 e. The van der Waals surface area contributed by atoms with E-state index in [9.17, 15) is 0 Å². The van der Waals surface area contributed by atoms with E-state index in [0.29, 0.717) is 0 Å². The summed E-state index contributed by atoms with van der Waals surface area (Å²) >= 11 is 1.69. The van der Waals surface area contributed by atoms with E-state index in [2.05, 4.69) is 24.2 Å². The van der Waals surface area contributed by atoms with Crippen molar-refractivity contribution in [3.8, 4) is 0 Å². The van der Waals surface area contributed by atoms with Crippen LogP contribution in [0.3, 0.4) is 0 Å². The molecule has 0 aromatic heterocycles. The summed E-state index contributed by atoms with van der Waals surface area (Å²) in [5.41, 5.74) is 10.2. The van der Waals surface area contributed by atoms with Crippen LogP contribution in [-0.2, 0) is 5.75 Å². The van der Waals surface area contributed by atoms with Gasteiger partial charge in [0.25, 0.3) is 0 Å². The lowest BCUT2D eigenvalue weighted by atomic mass is 10.1. The highest BCUT2D eigenvalue weighted by Crippen LogP contribution is 2.28. The Kier molecular flexibility index (Phi) is 4.69. The van der Waals surface area contributed by atoms with Gasteiger partial charge in [-0.15, -0.1) is 11.8 Å². The minimum Gasteiger partial charge on any atom is -0.409 e. The number of nitrogens with zero attached hydrogens (tertiary/aromatic N) is 1. The van der Waals surface area contributed by atoms with Crippen LogP contribution < -0.4 is 5.73 Å². The molecule has 0 spiro atoms. The first-order valence-corrected chi connectivity index (χ1v) is 7.36. The van der Waals surface area contributed by atoms with Gasteiger partial charge in [0.1, 0.15) is 0 Å². The average Bonchev–Trinajstić information content (AvgIpc) is 2.46. The highest BCUT2D eigenvalue weighted by Gasteiger charge is 2.09. The van der Waals surface area contributed by atoms with E-state index in [4.69, 9.17) is 10.9 Å². The van der Waals surface area contributed by atoms with Crippen molar-refractivity contribution in [2.75, 3.05) is 0 Å². The molecule has 20 heavy (non-hydrogen) atoms. The summed E-state index contributed by atoms with van der Waals surface area (Å²) in [6.07, 6.45) is 0. The maximum absolute atomic E-state index is 8.89. The Hall–Kier alpha value is -1.94. The monoisotopic (exact) mass is 286 g/mol. The molecule has 0 atom stereocenters. The molecule has 0 unspecified atom stereocenters. The van der Waals surface area contributed by atoms with Crippen LogP contribution in [0.1, 0.15) is 22.3 Å². The molecule has 0 saturated heterocycles. The lowest BCUT2D eigenvalue weighted by molar-refractivity contribution is 0.318. The number of oxime groups is 1. The second kappa shape index (κ2) is 6.48. The van der Waals surface area contributed by atoms with Crippen LogP contribution in [-0.4, -0.2) is 11.0 Å². The smallest absolute Gasteiger partial charge is 0.171 e. The second-order valence-electron chi connectivity index (χ2n) is 4.70. The van der Waals surface area contributed by atoms with Crippen LogP contribution in [0.2, 0.25) is 0 Å². The zero-order valence-electron chi connectivity index (χ0n) is 11.6. The van der Waals surface area contributed by atoms with E-state index in [0.717, 1.165) is 21.8 Å². The van der Waals surface area contributed by atoms with Crippen molar-refractivity contribution in [3.63, 3.8) is 0 Å². The first-order chi connectivity index (χ1) is 9.61. The molecule has 3 nitrogen and oxygen atoms in total. The Labute approximate surface area is 123 Å². The third-order valence-electron chi connectivity index (χ3n) is 3.16. The molecule has 0 bridgehead atoms. The van der Waals surface area contributed by atoms with E-state index in [1.54, 1.807) is 11.8 Å². The van der Waals surface area contributed by atoms with Gasteiger partial charge in [0, 0.05) is 16.2 Å². The molecule has 2 aromatic carbocycles. The minimum absolute atomic E-state index is 0.154. The third kappa shape index (κ3) is 3.33. The molecular formula is C16H18N2OS. The molecule has 0 aliphatic heterocycles. The second-order valence-corrected chi connectivity index (χ2v) is 5.72. The molecule has 0 heterocycles. The summed E-state index contributed by atoms with van der Waals surface area (Å²) in [6, 6.07) is 14.3. The Morgan fingerprint density at radius 2 is 1.95 bits per heavy atom. The zero-order chi connectivity index (χ0) is 14.5. The van der Waals surface area contributed by atoms with Crippen LogP contribution in [0.5, 0.6) is 0 Å². The summed E-state index contributed by atoms with van der Waals surface area (Å²) in [5.74, 6) is 1.02. The fourth-order valence-corrected chi connectivity index (χ4v) is 3.07. The van der Waals surface area contributed by atoms with E-state index >= 15 is 0 Å². The summed E-state index contributed by atoms with van der Waals surface area (Å²) in [5, 5.41) is 12.0. The predicted molar refractivity (Wildman–Crippen MR) is 84.4 cm³/mol. The standard InChI is InChI=1S/C16H18N2OS/c1-11-7-8-15(14(9-11)16(17)18-19)20-10-13-6-4-3-5-12(13)2/h3-9,19H,10H2,1-2H3,(H2,17,18). The van der Waals surface area contributed by atoms with E-state index in [1.165, 1.54) is 11.1 Å². The van der Waals surface area contributed by atoms with Gasteiger partial charge in [-0.3, -0.25) is 0 Å². The summed E-state index contributed by atoms with van der Waals surface area (Å²) < 4.78 is 0. The quantitative estimate of drug-likeness (QED) is 0.296. The lowest BCUT2D eigenvalue weighted by Gasteiger charge is -2.10. The number of hydrogen-bond acceptors (Lipinski definition) is 3. The molecule has 0 aliphatic rings. The number of thioether (sulfide) groups is 1. The Morgan fingerprint density at radius 1 is 1.20 bits per heavy atom. The highest BCUT2D eigenvalue weighted by molar-refractivity contribution is 7.98. The van der Waals surface area contributed by atoms with Crippen molar-refractivity contribution in [2.24, 2.45) is 10.9 Å². The van der Waals surface area contributed by atoms with Crippen molar-refractivity contribution < 1.29 is 5.21 Å². The van der Waals surface area contributed by atoms with Crippen LogP contribution in [0, 0.1) is 13.8 Å². The van der Waals surface area contributed by atoms with Gasteiger partial charge in [-0.05, 0) is 37.1 Å². The first kappa shape index (κ1) is 14.5. The van der Waals surface area contributed by atoms with Gasteiger partial charge in [-0.2, -0.15) is 0 Å². The van der Waals surface area contributed by atoms with Crippen LogP contribution in [0.4, 0.5) is 0 Å². The number of rotatable bonds is 4. The SMILES string of the molecule is Cc1ccc(SCc2ccccc2C)c(/C(N)=N/O)c1. The molecule has 2 aromatic rings. The molecule has 104 valence electrons. The molecule has 2 rings (SSSR count). The average molecular weight is 286 g/mol. The molecule has 4 heteroatoms. The molecule has 0 amide bonds. The Morgan fingerprint density at radius 3 is 2.65 bits per heavy atom. The summed E-state index contributed by atoms with van der Waals surface area (Å²) in [4.78, 5) is 1.02. The van der Waals surface area contributed by atoms with Gasteiger partial charge >= 0.3 is 0 Å². The van der Waals surface area contributed by atoms with Gasteiger partial charge in [-0.25, -0.2) is 0 Å². The van der Waals surface area contributed by atoms with Crippen molar-refractivity contribution in [2.45, 2.75) is 24.5 Å². The normalized spacial score (nSPS) is 11.6.